The smallest absolute Gasteiger partial charge is 0.317 e. The fourth-order valence-electron chi connectivity index (χ4n) is 5.47. The molecule has 2 heterocycles. The average Bonchev–Trinajstić information content (AvgIpc) is 3.30. The second-order valence-electron chi connectivity index (χ2n) is 9.15. The third kappa shape index (κ3) is 3.63. The van der Waals surface area contributed by atoms with Crippen molar-refractivity contribution in [2.75, 3.05) is 26.2 Å². The van der Waals surface area contributed by atoms with Crippen molar-refractivity contribution < 1.29 is 9.59 Å². The summed E-state index contributed by atoms with van der Waals surface area (Å²) >= 11 is 0. The van der Waals surface area contributed by atoms with Crippen molar-refractivity contribution in [3.05, 3.63) is 35.4 Å². The normalized spacial score (nSPS) is 23.3. The van der Waals surface area contributed by atoms with Gasteiger partial charge in [-0.3, -0.25) is 4.79 Å². The van der Waals surface area contributed by atoms with Gasteiger partial charge in [0.25, 0.3) is 0 Å². The molecule has 1 aliphatic carbocycles. The SMILES string of the molecule is CC(C)NC(=O)N1CCC2(CC1)C[C@@H](CC(=O)N1CCCC1)c1ccccc12. The van der Waals surface area contributed by atoms with Gasteiger partial charge < -0.3 is 15.1 Å². The highest BCUT2D eigenvalue weighted by Crippen LogP contribution is 2.52. The number of benzene rings is 1. The van der Waals surface area contributed by atoms with Gasteiger partial charge in [0, 0.05) is 38.6 Å². The molecule has 2 aliphatic heterocycles. The van der Waals surface area contributed by atoms with Crippen molar-refractivity contribution in [1.29, 1.82) is 0 Å². The highest BCUT2D eigenvalue weighted by Gasteiger charge is 2.46. The molecule has 0 saturated carbocycles. The molecular formula is C23H33N3O2. The number of amides is 3. The largest absolute Gasteiger partial charge is 0.343 e. The number of urea groups is 1. The Hall–Kier alpha value is -2.04. The zero-order valence-electron chi connectivity index (χ0n) is 17.2. The quantitative estimate of drug-likeness (QED) is 0.866. The van der Waals surface area contributed by atoms with Crippen LogP contribution < -0.4 is 5.32 Å². The van der Waals surface area contributed by atoms with Gasteiger partial charge in [0.15, 0.2) is 0 Å². The van der Waals surface area contributed by atoms with E-state index >= 15 is 0 Å². The molecule has 1 aromatic carbocycles. The second kappa shape index (κ2) is 7.76. The van der Waals surface area contributed by atoms with Crippen LogP contribution in [0.4, 0.5) is 4.79 Å². The number of nitrogens with one attached hydrogen (secondary N) is 1. The first kappa shape index (κ1) is 19.3. The van der Waals surface area contributed by atoms with E-state index in [2.05, 4.69) is 29.6 Å². The van der Waals surface area contributed by atoms with E-state index in [1.54, 1.807) is 0 Å². The van der Waals surface area contributed by atoms with Gasteiger partial charge in [-0.15, -0.1) is 0 Å². The van der Waals surface area contributed by atoms with Gasteiger partial charge in [0.05, 0.1) is 0 Å². The lowest BCUT2D eigenvalue weighted by Crippen LogP contribution is -2.49. The average molecular weight is 384 g/mol. The molecule has 1 spiro atoms. The minimum Gasteiger partial charge on any atom is -0.343 e. The maximum Gasteiger partial charge on any atom is 0.317 e. The molecule has 5 nitrogen and oxygen atoms in total. The first-order valence-electron chi connectivity index (χ1n) is 10.9. The number of carbonyl (C=O) groups is 2. The van der Waals surface area contributed by atoms with E-state index in [1.807, 2.05) is 23.6 Å². The molecule has 4 rings (SSSR count). The van der Waals surface area contributed by atoms with Crippen molar-refractivity contribution in [2.24, 2.45) is 0 Å². The zero-order valence-corrected chi connectivity index (χ0v) is 17.2. The van der Waals surface area contributed by atoms with Crippen LogP contribution in [0.3, 0.4) is 0 Å². The van der Waals surface area contributed by atoms with Gasteiger partial charge in [-0.05, 0) is 68.4 Å². The van der Waals surface area contributed by atoms with E-state index in [0.717, 1.165) is 58.3 Å². The van der Waals surface area contributed by atoms with Crippen molar-refractivity contribution in [1.82, 2.24) is 15.1 Å². The molecule has 0 aromatic heterocycles. The van der Waals surface area contributed by atoms with Crippen molar-refractivity contribution in [3.63, 3.8) is 0 Å². The Morgan fingerprint density at radius 3 is 2.43 bits per heavy atom. The topological polar surface area (TPSA) is 52.7 Å². The van der Waals surface area contributed by atoms with Crippen LogP contribution in [0, 0.1) is 0 Å². The van der Waals surface area contributed by atoms with Gasteiger partial charge in [-0.25, -0.2) is 4.79 Å². The summed E-state index contributed by atoms with van der Waals surface area (Å²) in [6.07, 6.45) is 5.95. The lowest BCUT2D eigenvalue weighted by molar-refractivity contribution is -0.130. The first-order chi connectivity index (χ1) is 13.5. The summed E-state index contributed by atoms with van der Waals surface area (Å²) < 4.78 is 0. The van der Waals surface area contributed by atoms with E-state index in [1.165, 1.54) is 11.1 Å². The number of likely N-dealkylation sites (tertiary alicyclic amines) is 2. The molecule has 2 saturated heterocycles. The minimum absolute atomic E-state index is 0.0527. The Morgan fingerprint density at radius 2 is 1.75 bits per heavy atom. The Kier molecular flexibility index (Phi) is 5.35. The van der Waals surface area contributed by atoms with Crippen LogP contribution in [-0.2, 0) is 10.2 Å². The molecule has 0 bridgehead atoms. The van der Waals surface area contributed by atoms with Gasteiger partial charge >= 0.3 is 6.03 Å². The third-order valence-electron chi connectivity index (χ3n) is 6.91. The van der Waals surface area contributed by atoms with Crippen molar-refractivity contribution in [3.8, 4) is 0 Å². The van der Waals surface area contributed by atoms with E-state index in [-0.39, 0.29) is 17.5 Å². The number of piperidine rings is 1. The Balaban J connectivity index is 1.47. The number of hydrogen-bond donors (Lipinski definition) is 1. The summed E-state index contributed by atoms with van der Waals surface area (Å²) in [6.45, 7) is 7.44. The number of hydrogen-bond acceptors (Lipinski definition) is 2. The number of fused-ring (bicyclic) bond motifs is 2. The maximum absolute atomic E-state index is 12.8. The molecule has 1 aromatic rings. The molecule has 0 radical (unpaired) electrons. The van der Waals surface area contributed by atoms with Crippen LogP contribution in [-0.4, -0.2) is 54.0 Å². The van der Waals surface area contributed by atoms with E-state index < -0.39 is 0 Å². The molecule has 1 atom stereocenters. The van der Waals surface area contributed by atoms with E-state index in [9.17, 15) is 9.59 Å². The van der Waals surface area contributed by atoms with Crippen molar-refractivity contribution >= 4 is 11.9 Å². The summed E-state index contributed by atoms with van der Waals surface area (Å²) in [5, 5.41) is 3.01. The Morgan fingerprint density at radius 1 is 1.07 bits per heavy atom. The summed E-state index contributed by atoms with van der Waals surface area (Å²) in [7, 11) is 0. The molecule has 2 fully saturated rings. The fraction of sp³-hybridized carbons (Fsp3) is 0.652. The molecule has 3 aliphatic rings. The van der Waals surface area contributed by atoms with Crippen LogP contribution in [0.5, 0.6) is 0 Å². The fourth-order valence-corrected chi connectivity index (χ4v) is 5.47. The predicted molar refractivity (Wildman–Crippen MR) is 110 cm³/mol. The van der Waals surface area contributed by atoms with Gasteiger partial charge in [-0.2, -0.15) is 0 Å². The van der Waals surface area contributed by atoms with Gasteiger partial charge in [0.1, 0.15) is 0 Å². The standard InChI is InChI=1S/C23H33N3O2/c1-17(2)24-22(28)26-13-9-23(10-14-26)16-18(19-7-3-4-8-20(19)23)15-21(27)25-11-5-6-12-25/h3-4,7-8,17-18H,5-6,9-16H2,1-2H3,(H,24,28)/t18-/m1/s1. The highest BCUT2D eigenvalue weighted by molar-refractivity contribution is 5.78. The van der Waals surface area contributed by atoms with Crippen LogP contribution in [0.25, 0.3) is 0 Å². The number of rotatable bonds is 3. The summed E-state index contributed by atoms with van der Waals surface area (Å²) in [6, 6.07) is 8.94. The Bertz CT molecular complexity index is 731. The molecule has 0 unspecified atom stereocenters. The van der Waals surface area contributed by atoms with Crippen LogP contribution >= 0.6 is 0 Å². The summed E-state index contributed by atoms with van der Waals surface area (Å²) in [4.78, 5) is 29.2. The third-order valence-corrected chi connectivity index (χ3v) is 6.91. The molecule has 28 heavy (non-hydrogen) atoms. The summed E-state index contributed by atoms with van der Waals surface area (Å²) in [5.74, 6) is 0.642. The molecule has 1 N–H and O–H groups in total. The van der Waals surface area contributed by atoms with Crippen LogP contribution in [0.2, 0.25) is 0 Å². The van der Waals surface area contributed by atoms with Gasteiger partial charge in [-0.1, -0.05) is 24.3 Å². The predicted octanol–water partition coefficient (Wildman–Crippen LogP) is 3.64. The number of carbonyl (C=O) groups excluding carboxylic acids is 2. The van der Waals surface area contributed by atoms with E-state index in [4.69, 9.17) is 0 Å². The maximum atomic E-state index is 12.8. The minimum atomic E-state index is 0.0527. The lowest BCUT2D eigenvalue weighted by Gasteiger charge is -2.40. The molecular weight excluding hydrogens is 350 g/mol. The first-order valence-corrected chi connectivity index (χ1v) is 10.9. The van der Waals surface area contributed by atoms with Crippen LogP contribution in [0.15, 0.2) is 24.3 Å². The molecule has 3 amide bonds. The second-order valence-corrected chi connectivity index (χ2v) is 9.15. The van der Waals surface area contributed by atoms with E-state index in [0.29, 0.717) is 18.2 Å². The monoisotopic (exact) mass is 383 g/mol. The number of nitrogens with zero attached hydrogens (tertiary/aromatic N) is 2. The lowest BCUT2D eigenvalue weighted by atomic mass is 9.73. The molecule has 5 heteroatoms. The van der Waals surface area contributed by atoms with Crippen molar-refractivity contribution in [2.45, 2.75) is 69.7 Å². The highest BCUT2D eigenvalue weighted by atomic mass is 16.2. The van der Waals surface area contributed by atoms with Gasteiger partial charge in [0.2, 0.25) is 5.91 Å². The summed E-state index contributed by atoms with van der Waals surface area (Å²) in [5.41, 5.74) is 2.93. The zero-order chi connectivity index (χ0) is 19.7. The Labute approximate surface area is 168 Å². The van der Waals surface area contributed by atoms with Crippen LogP contribution in [0.1, 0.15) is 69.4 Å². The molecule has 152 valence electrons.